The van der Waals surface area contributed by atoms with Crippen molar-refractivity contribution in [1.29, 1.82) is 0 Å². The van der Waals surface area contributed by atoms with Crippen LogP contribution in [0.15, 0.2) is 12.4 Å². The number of alkyl carbamates (subject to hydrolysis) is 1. The Hall–Kier alpha value is -1.56. The van der Waals surface area contributed by atoms with Crippen LogP contribution in [0.3, 0.4) is 0 Å². The highest BCUT2D eigenvalue weighted by Gasteiger charge is 2.21. The molecule has 0 unspecified atom stereocenters. The van der Waals surface area contributed by atoms with Crippen molar-refractivity contribution in [2.75, 3.05) is 6.54 Å². The summed E-state index contributed by atoms with van der Waals surface area (Å²) in [5, 5.41) is 6.22. The molecule has 1 aromatic heterocycles. The molecular formula is C16H30N4O2. The van der Waals surface area contributed by atoms with Gasteiger partial charge in [-0.05, 0) is 41.0 Å². The SMILES string of the molecule is CCCn1ccnc1CNC(C)(C)CNC(=O)OC(C)(C)C. The first-order chi connectivity index (χ1) is 10.1. The molecule has 0 spiro atoms. The molecule has 1 rings (SSSR count). The molecule has 126 valence electrons. The second-order valence-electron chi connectivity index (χ2n) is 7.13. The van der Waals surface area contributed by atoms with E-state index in [1.165, 1.54) is 0 Å². The summed E-state index contributed by atoms with van der Waals surface area (Å²) in [6.07, 6.45) is 4.49. The van der Waals surface area contributed by atoms with E-state index >= 15 is 0 Å². The number of nitrogens with one attached hydrogen (secondary N) is 2. The maximum atomic E-state index is 11.7. The number of hydrogen-bond acceptors (Lipinski definition) is 4. The Bertz CT molecular complexity index is 475. The molecule has 0 aromatic carbocycles. The van der Waals surface area contributed by atoms with Crippen molar-refractivity contribution in [3.63, 3.8) is 0 Å². The molecule has 0 saturated heterocycles. The Morgan fingerprint density at radius 2 is 2.00 bits per heavy atom. The monoisotopic (exact) mass is 310 g/mol. The summed E-state index contributed by atoms with van der Waals surface area (Å²) in [7, 11) is 0. The van der Waals surface area contributed by atoms with E-state index in [2.05, 4.69) is 27.1 Å². The lowest BCUT2D eigenvalue weighted by Gasteiger charge is -2.28. The van der Waals surface area contributed by atoms with E-state index in [4.69, 9.17) is 4.74 Å². The van der Waals surface area contributed by atoms with Gasteiger partial charge in [0.2, 0.25) is 0 Å². The summed E-state index contributed by atoms with van der Waals surface area (Å²) in [6, 6.07) is 0. The zero-order valence-electron chi connectivity index (χ0n) is 14.7. The van der Waals surface area contributed by atoms with Crippen molar-refractivity contribution in [3.8, 4) is 0 Å². The van der Waals surface area contributed by atoms with Gasteiger partial charge in [0.05, 0.1) is 6.54 Å². The smallest absolute Gasteiger partial charge is 0.407 e. The van der Waals surface area contributed by atoms with Crippen LogP contribution in [0.25, 0.3) is 0 Å². The molecule has 2 N–H and O–H groups in total. The van der Waals surface area contributed by atoms with E-state index in [0.29, 0.717) is 13.1 Å². The summed E-state index contributed by atoms with van der Waals surface area (Å²) in [4.78, 5) is 16.1. The third-order valence-electron chi connectivity index (χ3n) is 3.06. The van der Waals surface area contributed by atoms with Gasteiger partial charge in [-0.3, -0.25) is 0 Å². The van der Waals surface area contributed by atoms with Gasteiger partial charge in [-0.2, -0.15) is 0 Å². The quantitative estimate of drug-likeness (QED) is 0.812. The van der Waals surface area contributed by atoms with Crippen LogP contribution in [0, 0.1) is 0 Å². The summed E-state index contributed by atoms with van der Waals surface area (Å²) in [6.45, 7) is 13.9. The summed E-state index contributed by atoms with van der Waals surface area (Å²) in [5.74, 6) is 1.01. The van der Waals surface area contributed by atoms with Crippen molar-refractivity contribution in [3.05, 3.63) is 18.2 Å². The Morgan fingerprint density at radius 1 is 1.32 bits per heavy atom. The van der Waals surface area contributed by atoms with E-state index in [1.54, 1.807) is 0 Å². The van der Waals surface area contributed by atoms with E-state index in [0.717, 1.165) is 18.8 Å². The molecule has 0 aliphatic rings. The molecule has 0 atom stereocenters. The number of nitrogens with zero attached hydrogens (tertiary/aromatic N) is 2. The number of imidazole rings is 1. The number of ether oxygens (including phenoxy) is 1. The van der Waals surface area contributed by atoms with E-state index in [9.17, 15) is 4.79 Å². The molecule has 1 aromatic rings. The van der Waals surface area contributed by atoms with Gasteiger partial charge in [0.15, 0.2) is 0 Å². The fourth-order valence-corrected chi connectivity index (χ4v) is 1.94. The normalized spacial score (nSPS) is 12.3. The number of carbonyl (C=O) groups excluding carboxylic acids is 1. The Labute approximate surface area is 133 Å². The number of carbonyl (C=O) groups is 1. The van der Waals surface area contributed by atoms with E-state index in [1.807, 2.05) is 47.0 Å². The number of aryl methyl sites for hydroxylation is 1. The maximum Gasteiger partial charge on any atom is 0.407 e. The third-order valence-corrected chi connectivity index (χ3v) is 3.06. The van der Waals surface area contributed by atoms with Gasteiger partial charge in [0.1, 0.15) is 11.4 Å². The number of amides is 1. The van der Waals surface area contributed by atoms with Crippen LogP contribution in [0.5, 0.6) is 0 Å². The predicted octanol–water partition coefficient (Wildman–Crippen LogP) is 2.69. The minimum atomic E-state index is -0.480. The molecule has 6 heteroatoms. The van der Waals surface area contributed by atoms with E-state index in [-0.39, 0.29) is 5.54 Å². The lowest BCUT2D eigenvalue weighted by molar-refractivity contribution is 0.0513. The van der Waals surface area contributed by atoms with Crippen molar-refractivity contribution in [1.82, 2.24) is 20.2 Å². The van der Waals surface area contributed by atoms with Crippen molar-refractivity contribution < 1.29 is 9.53 Å². The first kappa shape index (κ1) is 18.5. The summed E-state index contributed by atoms with van der Waals surface area (Å²) >= 11 is 0. The fraction of sp³-hybridized carbons (Fsp3) is 0.750. The van der Waals surface area contributed by atoms with Gasteiger partial charge in [-0.1, -0.05) is 6.92 Å². The molecule has 0 aliphatic heterocycles. The minimum Gasteiger partial charge on any atom is -0.444 e. The zero-order valence-corrected chi connectivity index (χ0v) is 14.7. The highest BCUT2D eigenvalue weighted by atomic mass is 16.6. The largest absolute Gasteiger partial charge is 0.444 e. The molecule has 0 aliphatic carbocycles. The van der Waals surface area contributed by atoms with Crippen LogP contribution >= 0.6 is 0 Å². The number of rotatable bonds is 7. The van der Waals surface area contributed by atoms with Crippen LogP contribution in [-0.4, -0.2) is 33.3 Å². The van der Waals surface area contributed by atoms with Crippen LogP contribution in [0.4, 0.5) is 4.79 Å². The predicted molar refractivity (Wildman–Crippen MR) is 87.7 cm³/mol. The van der Waals surface area contributed by atoms with Crippen LogP contribution < -0.4 is 10.6 Å². The summed E-state index contributed by atoms with van der Waals surface area (Å²) in [5.41, 5.74) is -0.730. The van der Waals surface area contributed by atoms with Crippen LogP contribution in [0.2, 0.25) is 0 Å². The first-order valence-corrected chi connectivity index (χ1v) is 7.85. The standard InChI is InChI=1S/C16H30N4O2/c1-7-9-20-10-8-17-13(20)11-19-16(5,6)12-18-14(21)22-15(2,3)4/h8,10,19H,7,9,11-12H2,1-6H3,(H,18,21). The van der Waals surface area contributed by atoms with Gasteiger partial charge in [-0.25, -0.2) is 9.78 Å². The Kier molecular flexibility index (Phi) is 6.41. The molecular weight excluding hydrogens is 280 g/mol. The molecule has 0 saturated carbocycles. The Morgan fingerprint density at radius 3 is 2.59 bits per heavy atom. The van der Waals surface area contributed by atoms with Crippen molar-refractivity contribution >= 4 is 6.09 Å². The molecule has 0 fully saturated rings. The Balaban J connectivity index is 2.43. The van der Waals surface area contributed by atoms with Gasteiger partial charge < -0.3 is 19.9 Å². The van der Waals surface area contributed by atoms with Crippen molar-refractivity contribution in [2.24, 2.45) is 0 Å². The van der Waals surface area contributed by atoms with Gasteiger partial charge in [0.25, 0.3) is 0 Å². The van der Waals surface area contributed by atoms with Crippen LogP contribution in [-0.2, 0) is 17.8 Å². The first-order valence-electron chi connectivity index (χ1n) is 7.85. The highest BCUT2D eigenvalue weighted by molar-refractivity contribution is 5.67. The number of aromatic nitrogens is 2. The zero-order chi connectivity index (χ0) is 16.8. The second kappa shape index (κ2) is 7.63. The highest BCUT2D eigenvalue weighted by Crippen LogP contribution is 2.08. The summed E-state index contributed by atoms with van der Waals surface area (Å²) < 4.78 is 7.38. The molecule has 0 radical (unpaired) electrons. The van der Waals surface area contributed by atoms with Crippen LogP contribution in [0.1, 0.15) is 53.8 Å². The average Bonchev–Trinajstić information content (AvgIpc) is 2.80. The van der Waals surface area contributed by atoms with Gasteiger partial charge in [-0.15, -0.1) is 0 Å². The molecule has 22 heavy (non-hydrogen) atoms. The molecule has 0 bridgehead atoms. The fourth-order valence-electron chi connectivity index (χ4n) is 1.94. The topological polar surface area (TPSA) is 68.2 Å². The molecule has 1 amide bonds. The second-order valence-corrected chi connectivity index (χ2v) is 7.13. The third kappa shape index (κ3) is 6.93. The van der Waals surface area contributed by atoms with E-state index < -0.39 is 11.7 Å². The number of hydrogen-bond donors (Lipinski definition) is 2. The lowest BCUT2D eigenvalue weighted by Crippen LogP contribution is -2.49. The average molecular weight is 310 g/mol. The minimum absolute atomic E-state index is 0.250. The molecule has 1 heterocycles. The van der Waals surface area contributed by atoms with Crippen molar-refractivity contribution in [2.45, 2.75) is 72.2 Å². The molecule has 6 nitrogen and oxygen atoms in total. The maximum absolute atomic E-state index is 11.7. The van der Waals surface area contributed by atoms with Gasteiger partial charge in [0, 0.05) is 31.0 Å². The van der Waals surface area contributed by atoms with Gasteiger partial charge >= 0.3 is 6.09 Å². The lowest BCUT2D eigenvalue weighted by atomic mass is 10.1.